The molecule has 8 heteroatoms. The van der Waals surface area contributed by atoms with Crippen LogP contribution in [0.3, 0.4) is 0 Å². The quantitative estimate of drug-likeness (QED) is 0.787. The number of nitrogens with zero attached hydrogens (tertiary/aromatic N) is 4. The fourth-order valence-electron chi connectivity index (χ4n) is 2.00. The molecule has 0 saturated carbocycles. The van der Waals surface area contributed by atoms with Gasteiger partial charge in [-0.05, 0) is 49.2 Å². The second-order valence-electron chi connectivity index (χ2n) is 4.93. The van der Waals surface area contributed by atoms with Crippen molar-refractivity contribution in [2.75, 3.05) is 5.32 Å². The second-order valence-corrected chi connectivity index (χ2v) is 4.93. The SMILES string of the molecule is Cc1ccc(Nc2ccc3nnc(C(F)(F)F)n3n2)cc1C. The van der Waals surface area contributed by atoms with Gasteiger partial charge in [0, 0.05) is 5.69 Å². The van der Waals surface area contributed by atoms with E-state index in [-0.39, 0.29) is 11.5 Å². The summed E-state index contributed by atoms with van der Waals surface area (Å²) in [7, 11) is 0. The molecule has 22 heavy (non-hydrogen) atoms. The highest BCUT2D eigenvalue weighted by atomic mass is 19.4. The molecule has 0 atom stereocenters. The van der Waals surface area contributed by atoms with Gasteiger partial charge in [0.2, 0.25) is 0 Å². The predicted octanol–water partition coefficient (Wildman–Crippen LogP) is 3.50. The predicted molar refractivity (Wildman–Crippen MR) is 75.0 cm³/mol. The first-order valence-corrected chi connectivity index (χ1v) is 6.48. The Morgan fingerprint density at radius 2 is 1.77 bits per heavy atom. The van der Waals surface area contributed by atoms with Crippen molar-refractivity contribution >= 4 is 17.2 Å². The molecule has 0 spiro atoms. The summed E-state index contributed by atoms with van der Waals surface area (Å²) >= 11 is 0. The smallest absolute Gasteiger partial charge is 0.339 e. The van der Waals surface area contributed by atoms with Crippen molar-refractivity contribution < 1.29 is 13.2 Å². The van der Waals surface area contributed by atoms with Crippen molar-refractivity contribution in [3.8, 4) is 0 Å². The average Bonchev–Trinajstić information content (AvgIpc) is 2.86. The van der Waals surface area contributed by atoms with Crippen molar-refractivity contribution in [1.29, 1.82) is 0 Å². The van der Waals surface area contributed by atoms with Crippen LogP contribution in [0.25, 0.3) is 5.65 Å². The van der Waals surface area contributed by atoms with E-state index < -0.39 is 12.0 Å². The van der Waals surface area contributed by atoms with Gasteiger partial charge in [-0.2, -0.15) is 17.7 Å². The Bertz CT molecular complexity index is 838. The van der Waals surface area contributed by atoms with Crippen LogP contribution in [0, 0.1) is 13.8 Å². The van der Waals surface area contributed by atoms with Crippen LogP contribution >= 0.6 is 0 Å². The van der Waals surface area contributed by atoms with Crippen molar-refractivity contribution in [3.05, 3.63) is 47.3 Å². The Labute approximate surface area is 123 Å². The third-order valence-corrected chi connectivity index (χ3v) is 3.30. The topological polar surface area (TPSA) is 55.1 Å². The molecule has 0 unspecified atom stereocenters. The number of benzene rings is 1. The van der Waals surface area contributed by atoms with Gasteiger partial charge in [0.1, 0.15) is 0 Å². The second kappa shape index (κ2) is 4.97. The summed E-state index contributed by atoms with van der Waals surface area (Å²) in [5, 5.41) is 13.5. The molecule has 2 heterocycles. The minimum atomic E-state index is -4.61. The van der Waals surface area contributed by atoms with Gasteiger partial charge in [-0.25, -0.2) is 0 Å². The maximum atomic E-state index is 12.8. The Morgan fingerprint density at radius 1 is 1.00 bits per heavy atom. The highest BCUT2D eigenvalue weighted by molar-refractivity contribution is 5.58. The molecule has 0 amide bonds. The Balaban J connectivity index is 1.99. The molecule has 3 rings (SSSR count). The fourth-order valence-corrected chi connectivity index (χ4v) is 2.00. The van der Waals surface area contributed by atoms with Crippen LogP contribution < -0.4 is 5.32 Å². The van der Waals surface area contributed by atoms with Crippen molar-refractivity contribution in [2.45, 2.75) is 20.0 Å². The number of alkyl halides is 3. The molecule has 0 fully saturated rings. The minimum absolute atomic E-state index is 0.0398. The largest absolute Gasteiger partial charge is 0.453 e. The Kier molecular flexibility index (Phi) is 3.23. The van der Waals surface area contributed by atoms with Crippen LogP contribution in [0.5, 0.6) is 0 Å². The molecular weight excluding hydrogens is 295 g/mol. The first-order valence-electron chi connectivity index (χ1n) is 6.48. The van der Waals surface area contributed by atoms with Crippen molar-refractivity contribution in [3.63, 3.8) is 0 Å². The number of aromatic nitrogens is 4. The fraction of sp³-hybridized carbons (Fsp3) is 0.214. The maximum absolute atomic E-state index is 12.8. The average molecular weight is 307 g/mol. The minimum Gasteiger partial charge on any atom is -0.339 e. The summed E-state index contributed by atoms with van der Waals surface area (Å²) in [6.45, 7) is 3.94. The van der Waals surface area contributed by atoms with Gasteiger partial charge in [-0.1, -0.05) is 6.07 Å². The first kappa shape index (κ1) is 14.3. The monoisotopic (exact) mass is 307 g/mol. The molecule has 2 aromatic heterocycles. The van der Waals surface area contributed by atoms with E-state index in [1.54, 1.807) is 6.07 Å². The maximum Gasteiger partial charge on any atom is 0.453 e. The number of hydrogen-bond acceptors (Lipinski definition) is 4. The van der Waals surface area contributed by atoms with Crippen LogP contribution in [0.2, 0.25) is 0 Å². The van der Waals surface area contributed by atoms with E-state index in [9.17, 15) is 13.2 Å². The number of halogens is 3. The zero-order valence-electron chi connectivity index (χ0n) is 11.8. The molecule has 0 aliphatic heterocycles. The first-order chi connectivity index (χ1) is 10.3. The lowest BCUT2D eigenvalue weighted by Gasteiger charge is -2.09. The van der Waals surface area contributed by atoms with Gasteiger partial charge in [0.25, 0.3) is 5.82 Å². The number of hydrogen-bond donors (Lipinski definition) is 1. The molecular formula is C14H12F3N5. The van der Waals surface area contributed by atoms with Crippen molar-refractivity contribution in [1.82, 2.24) is 19.8 Å². The van der Waals surface area contributed by atoms with Crippen LogP contribution in [0.4, 0.5) is 24.7 Å². The number of anilines is 2. The third kappa shape index (κ3) is 2.59. The molecule has 5 nitrogen and oxygen atoms in total. The number of rotatable bonds is 2. The van der Waals surface area contributed by atoms with E-state index in [4.69, 9.17) is 0 Å². The highest BCUT2D eigenvalue weighted by Gasteiger charge is 2.37. The number of aryl methyl sites for hydroxylation is 2. The number of nitrogens with one attached hydrogen (secondary N) is 1. The molecule has 114 valence electrons. The summed E-state index contributed by atoms with van der Waals surface area (Å²) in [5.41, 5.74) is 2.99. The van der Waals surface area contributed by atoms with Gasteiger partial charge in [-0.3, -0.25) is 0 Å². The van der Waals surface area contributed by atoms with Gasteiger partial charge >= 0.3 is 6.18 Å². The highest BCUT2D eigenvalue weighted by Crippen LogP contribution is 2.28. The van der Waals surface area contributed by atoms with Crippen LogP contribution in [0.1, 0.15) is 17.0 Å². The van der Waals surface area contributed by atoms with Crippen LogP contribution in [-0.2, 0) is 6.18 Å². The molecule has 0 bridgehead atoms. The molecule has 1 N–H and O–H groups in total. The van der Waals surface area contributed by atoms with E-state index >= 15 is 0 Å². The normalized spacial score (nSPS) is 11.9. The van der Waals surface area contributed by atoms with E-state index in [0.29, 0.717) is 4.52 Å². The standard InChI is InChI=1S/C14H12F3N5/c1-8-3-4-10(7-9(8)2)18-11-5-6-12-19-20-13(14(15,16)17)22(12)21-11/h3-7H,1-2H3,(H,18,21). The summed E-state index contributed by atoms with van der Waals surface area (Å²) in [6.07, 6.45) is -4.61. The lowest BCUT2D eigenvalue weighted by molar-refractivity contribution is -0.146. The molecule has 1 aromatic carbocycles. The van der Waals surface area contributed by atoms with E-state index in [0.717, 1.165) is 16.8 Å². The van der Waals surface area contributed by atoms with Crippen LogP contribution in [0.15, 0.2) is 30.3 Å². The molecule has 3 aromatic rings. The summed E-state index contributed by atoms with van der Waals surface area (Å²) < 4.78 is 39.2. The molecule has 0 aliphatic rings. The van der Waals surface area contributed by atoms with E-state index in [2.05, 4.69) is 20.6 Å². The van der Waals surface area contributed by atoms with Crippen molar-refractivity contribution in [2.24, 2.45) is 0 Å². The summed E-state index contributed by atoms with van der Waals surface area (Å²) in [4.78, 5) is 0. The van der Waals surface area contributed by atoms with Gasteiger partial charge in [-0.15, -0.1) is 15.3 Å². The summed E-state index contributed by atoms with van der Waals surface area (Å²) in [6, 6.07) is 8.65. The summed E-state index contributed by atoms with van der Waals surface area (Å²) in [5.74, 6) is -0.868. The molecule has 0 saturated heterocycles. The third-order valence-electron chi connectivity index (χ3n) is 3.30. The van der Waals surface area contributed by atoms with E-state index in [1.807, 2.05) is 32.0 Å². The molecule has 0 aliphatic carbocycles. The molecule has 0 radical (unpaired) electrons. The lowest BCUT2D eigenvalue weighted by Crippen LogP contribution is -2.13. The van der Waals surface area contributed by atoms with Gasteiger partial charge < -0.3 is 5.32 Å². The number of fused-ring (bicyclic) bond motifs is 1. The van der Waals surface area contributed by atoms with Crippen LogP contribution in [-0.4, -0.2) is 19.8 Å². The van der Waals surface area contributed by atoms with Gasteiger partial charge in [0.15, 0.2) is 11.5 Å². The Morgan fingerprint density at radius 3 is 2.45 bits per heavy atom. The zero-order chi connectivity index (χ0) is 15.9. The Hall–Kier alpha value is -2.64. The van der Waals surface area contributed by atoms with Gasteiger partial charge in [0.05, 0.1) is 0 Å². The zero-order valence-corrected chi connectivity index (χ0v) is 11.8. The lowest BCUT2D eigenvalue weighted by atomic mass is 10.1. The van der Waals surface area contributed by atoms with E-state index in [1.165, 1.54) is 6.07 Å².